The summed E-state index contributed by atoms with van der Waals surface area (Å²) in [7, 11) is 6.00. The summed E-state index contributed by atoms with van der Waals surface area (Å²) >= 11 is 0. The molecule has 0 aliphatic carbocycles. The second kappa shape index (κ2) is 26.5. The van der Waals surface area contributed by atoms with Gasteiger partial charge in [0.1, 0.15) is 37.9 Å². The Labute approximate surface area is 280 Å². The Kier molecular flexibility index (Phi) is 28.9. The van der Waals surface area contributed by atoms with Crippen molar-refractivity contribution in [2.24, 2.45) is 0 Å². The largest absolute Gasteiger partial charge is 0.822 e. The molecule has 0 amide bonds. The van der Waals surface area contributed by atoms with Crippen LogP contribution in [0.25, 0.3) is 0 Å². The summed E-state index contributed by atoms with van der Waals surface area (Å²) in [5.74, 6) is -1.03. The Morgan fingerprint density at radius 1 is 0.574 bits per heavy atom. The van der Waals surface area contributed by atoms with Gasteiger partial charge in [0.15, 0.2) is 0 Å². The van der Waals surface area contributed by atoms with Gasteiger partial charge in [0.05, 0.1) is 42.3 Å². The van der Waals surface area contributed by atoms with Gasteiger partial charge in [-0.2, -0.15) is 7.82 Å². The van der Waals surface area contributed by atoms with Crippen molar-refractivity contribution in [1.82, 2.24) is 0 Å². The molecule has 16 nitrogen and oxygen atoms in total. The van der Waals surface area contributed by atoms with Crippen LogP contribution in [0.5, 0.6) is 0 Å². The number of aliphatic hydroxyl groups is 3. The lowest BCUT2D eigenvalue weighted by molar-refractivity contribution is -0.909. The SMILES string of the molecule is CC=CC(=O)OC[N+](C)(C)CC(C)O.CC=CC(=O)OC[N+](C)(C)CC(C)O.CC=CC(=O)OC[N+](C)(C)CC(C)O.O=P([O-])([O-])[O-]. The second-order valence-electron chi connectivity index (χ2n) is 12.6. The van der Waals surface area contributed by atoms with E-state index < -0.39 is 26.1 Å². The molecule has 47 heavy (non-hydrogen) atoms. The molecule has 3 N–H and O–H groups in total. The topological polar surface area (TPSA) is 226 Å². The van der Waals surface area contributed by atoms with Gasteiger partial charge in [-0.05, 0) is 41.5 Å². The first kappa shape index (κ1) is 51.3. The maximum Gasteiger partial charge on any atom is 0.334 e. The number of rotatable bonds is 15. The van der Waals surface area contributed by atoms with Gasteiger partial charge in [-0.15, -0.1) is 0 Å². The lowest BCUT2D eigenvalue weighted by atomic mass is 10.3. The quantitative estimate of drug-likeness (QED) is 0.0453. The van der Waals surface area contributed by atoms with Crippen molar-refractivity contribution in [2.75, 3.05) is 82.1 Å². The molecule has 17 heteroatoms. The minimum Gasteiger partial charge on any atom is -0.822 e. The molecule has 0 saturated carbocycles. The first-order valence-corrected chi connectivity index (χ1v) is 16.2. The van der Waals surface area contributed by atoms with Gasteiger partial charge in [-0.25, -0.2) is 14.4 Å². The Balaban J connectivity index is -0.000000275. The maximum atomic E-state index is 11.0. The highest BCUT2D eigenvalue weighted by atomic mass is 31.2. The number of quaternary nitrogens is 3. The van der Waals surface area contributed by atoms with Crippen molar-refractivity contribution in [3.8, 4) is 0 Å². The molecule has 3 unspecified atom stereocenters. The first-order valence-electron chi connectivity index (χ1n) is 14.7. The fraction of sp³-hybridized carbons (Fsp3) is 0.700. The van der Waals surface area contributed by atoms with E-state index in [1.807, 2.05) is 42.3 Å². The van der Waals surface area contributed by atoms with E-state index in [0.29, 0.717) is 33.1 Å². The number of carbonyl (C=O) groups excluding carboxylic acids is 3. The molecule has 0 rings (SSSR count). The Morgan fingerprint density at radius 3 is 0.872 bits per heavy atom. The smallest absolute Gasteiger partial charge is 0.334 e. The molecule has 0 saturated heterocycles. The van der Waals surface area contributed by atoms with Crippen LogP contribution < -0.4 is 14.7 Å². The predicted molar refractivity (Wildman–Crippen MR) is 171 cm³/mol. The molecule has 0 heterocycles. The number of hydrogen-bond donors (Lipinski definition) is 3. The number of phosphoric acid groups is 1. The third-order valence-electron chi connectivity index (χ3n) is 4.85. The highest BCUT2D eigenvalue weighted by Crippen LogP contribution is 2.04. The molecule has 0 aliphatic rings. The Hall–Kier alpha value is -2.50. The molecule has 0 fully saturated rings. The van der Waals surface area contributed by atoms with Crippen LogP contribution in [0.3, 0.4) is 0 Å². The van der Waals surface area contributed by atoms with Gasteiger partial charge in [0, 0.05) is 18.2 Å². The van der Waals surface area contributed by atoms with Gasteiger partial charge < -0.3 is 48.8 Å². The van der Waals surface area contributed by atoms with Gasteiger partial charge in [0.2, 0.25) is 20.2 Å². The third kappa shape index (κ3) is 48.0. The van der Waals surface area contributed by atoms with Crippen molar-refractivity contribution in [3.05, 3.63) is 36.5 Å². The van der Waals surface area contributed by atoms with Crippen LogP contribution >= 0.6 is 7.82 Å². The van der Waals surface area contributed by atoms with E-state index in [4.69, 9.17) is 33.5 Å². The minimum atomic E-state index is -5.39. The van der Waals surface area contributed by atoms with Crippen molar-refractivity contribution in [3.63, 3.8) is 0 Å². The average molecular weight is 702 g/mol. The van der Waals surface area contributed by atoms with Gasteiger partial charge in [-0.1, -0.05) is 18.2 Å². The fourth-order valence-electron chi connectivity index (χ4n) is 3.57. The Bertz CT molecular complexity index is 885. The lowest BCUT2D eigenvalue weighted by Crippen LogP contribution is -2.46. The number of hydrogen-bond acceptors (Lipinski definition) is 13. The van der Waals surface area contributed by atoms with E-state index in [-0.39, 0.29) is 38.1 Å². The number of esters is 3. The highest BCUT2D eigenvalue weighted by Gasteiger charge is 2.21. The lowest BCUT2D eigenvalue weighted by Gasteiger charge is -2.36. The molecule has 0 aromatic heterocycles. The monoisotopic (exact) mass is 701 g/mol. The average Bonchev–Trinajstić information content (AvgIpc) is 2.84. The zero-order valence-corrected chi connectivity index (χ0v) is 31.0. The number of ether oxygens (including phenoxy) is 3. The zero-order chi connectivity index (χ0) is 38.1. The summed E-state index contributed by atoms with van der Waals surface area (Å²) < 4.78 is 24.9. The van der Waals surface area contributed by atoms with E-state index in [2.05, 4.69) is 0 Å². The van der Waals surface area contributed by atoms with Crippen LogP contribution in [0.2, 0.25) is 0 Å². The molecular weight excluding hydrogens is 641 g/mol. The number of allylic oxidation sites excluding steroid dienone is 3. The molecule has 0 aliphatic heterocycles. The van der Waals surface area contributed by atoms with Gasteiger partial charge in [0.25, 0.3) is 0 Å². The molecule has 0 radical (unpaired) electrons. The third-order valence-corrected chi connectivity index (χ3v) is 4.85. The summed E-state index contributed by atoms with van der Waals surface area (Å²) in [6, 6.07) is 0. The molecule has 3 atom stereocenters. The van der Waals surface area contributed by atoms with Crippen molar-refractivity contribution >= 4 is 25.7 Å². The standard InChI is InChI=1S/3C10H20NO3.H3O4P/c3*1-5-6-10(13)14-8-11(3,4)7-9(2)12;1-5(2,3)4/h3*5-6,9,12H,7-8H2,1-4H3;(H3,1,2,3,4)/q3*+1;/p-3. The van der Waals surface area contributed by atoms with Gasteiger partial charge >= 0.3 is 17.9 Å². The molecule has 0 aromatic carbocycles. The molecule has 278 valence electrons. The Morgan fingerprint density at radius 2 is 0.745 bits per heavy atom. The first-order chi connectivity index (χ1) is 21.1. The van der Waals surface area contributed by atoms with E-state index in [9.17, 15) is 29.7 Å². The van der Waals surface area contributed by atoms with E-state index in [1.165, 1.54) is 18.2 Å². The summed E-state index contributed by atoms with van der Waals surface area (Å²) in [6.07, 6.45) is 7.85. The van der Waals surface area contributed by atoms with Crippen LogP contribution in [0.1, 0.15) is 41.5 Å². The summed E-state index contributed by atoms with van der Waals surface area (Å²) in [6.45, 7) is 12.9. The van der Waals surface area contributed by atoms with Crippen LogP contribution in [0.15, 0.2) is 36.5 Å². The summed E-state index contributed by atoms with van der Waals surface area (Å²) in [4.78, 5) is 58.6. The second-order valence-corrected chi connectivity index (χ2v) is 13.5. The van der Waals surface area contributed by atoms with Crippen LogP contribution in [-0.4, -0.2) is 147 Å². The number of nitrogens with zero attached hydrogens (tertiary/aromatic N) is 3. The molecule has 0 spiro atoms. The van der Waals surface area contributed by atoms with Crippen LogP contribution in [0, 0.1) is 0 Å². The number of likely N-dealkylation sites (N-methyl/N-ethyl adjacent to an activating group) is 3. The highest BCUT2D eigenvalue weighted by molar-refractivity contribution is 7.40. The molecular formula is C30H60N3O13P. The van der Waals surface area contributed by atoms with Crippen molar-refractivity contribution in [1.29, 1.82) is 0 Å². The number of aliphatic hydroxyl groups excluding tert-OH is 3. The predicted octanol–water partition coefficient (Wildman–Crippen LogP) is -1.26. The van der Waals surface area contributed by atoms with E-state index >= 15 is 0 Å². The van der Waals surface area contributed by atoms with Gasteiger partial charge in [-0.3, -0.25) is 13.4 Å². The summed E-state index contributed by atoms with van der Waals surface area (Å²) in [5, 5.41) is 27.6. The maximum absolute atomic E-state index is 11.0. The normalized spacial score (nSPS) is 14.1. The minimum absolute atomic E-state index is 0.272. The van der Waals surface area contributed by atoms with Crippen LogP contribution in [-0.2, 0) is 33.2 Å². The molecule has 0 bridgehead atoms. The summed E-state index contributed by atoms with van der Waals surface area (Å²) in [5.41, 5.74) is 0. The van der Waals surface area contributed by atoms with Crippen molar-refractivity contribution < 1.29 is 76.6 Å². The molecule has 0 aromatic rings. The fourth-order valence-corrected chi connectivity index (χ4v) is 3.57. The van der Waals surface area contributed by atoms with Crippen LogP contribution in [0.4, 0.5) is 0 Å². The van der Waals surface area contributed by atoms with Crippen molar-refractivity contribution in [2.45, 2.75) is 59.9 Å². The van der Waals surface area contributed by atoms with E-state index in [1.54, 1.807) is 59.8 Å². The zero-order valence-electron chi connectivity index (χ0n) is 30.2. The van der Waals surface area contributed by atoms with E-state index in [0.717, 1.165) is 0 Å². The number of carbonyl (C=O) groups is 3.